The molecule has 0 aromatic heterocycles. The molecule has 0 saturated carbocycles. The summed E-state index contributed by atoms with van der Waals surface area (Å²) in [7, 11) is 0. The van der Waals surface area contributed by atoms with Crippen molar-refractivity contribution in [1.29, 1.82) is 0 Å². The maximum Gasteiger partial charge on any atom is 0.344 e. The van der Waals surface area contributed by atoms with Gasteiger partial charge in [0.2, 0.25) is 0 Å². The van der Waals surface area contributed by atoms with Crippen LogP contribution in [-0.2, 0) is 17.6 Å². The van der Waals surface area contributed by atoms with E-state index in [1.807, 2.05) is 25.1 Å². The van der Waals surface area contributed by atoms with Gasteiger partial charge in [0.15, 0.2) is 6.10 Å². The van der Waals surface area contributed by atoms with E-state index in [0.29, 0.717) is 12.2 Å². The van der Waals surface area contributed by atoms with Gasteiger partial charge in [-0.1, -0.05) is 13.0 Å². The van der Waals surface area contributed by atoms with E-state index in [2.05, 4.69) is 0 Å². The van der Waals surface area contributed by atoms with Crippen molar-refractivity contribution in [2.75, 3.05) is 0 Å². The fourth-order valence-corrected chi connectivity index (χ4v) is 2.09. The molecule has 0 aliphatic heterocycles. The topological polar surface area (TPSA) is 46.5 Å². The first-order valence-corrected chi connectivity index (χ1v) is 5.72. The van der Waals surface area contributed by atoms with Crippen molar-refractivity contribution in [3.63, 3.8) is 0 Å². The van der Waals surface area contributed by atoms with Gasteiger partial charge in [0.25, 0.3) is 0 Å². The van der Waals surface area contributed by atoms with E-state index in [1.54, 1.807) is 0 Å². The summed E-state index contributed by atoms with van der Waals surface area (Å²) in [5, 5.41) is 8.90. The highest BCUT2D eigenvalue weighted by Crippen LogP contribution is 2.26. The number of hydrogen-bond acceptors (Lipinski definition) is 2. The summed E-state index contributed by atoms with van der Waals surface area (Å²) in [5.41, 5.74) is 2.67. The van der Waals surface area contributed by atoms with E-state index in [1.165, 1.54) is 17.5 Å². The van der Waals surface area contributed by atoms with E-state index in [4.69, 9.17) is 9.84 Å². The Balaban J connectivity index is 2.13. The third-order valence-corrected chi connectivity index (χ3v) is 2.99. The second-order valence-electron chi connectivity index (χ2n) is 4.14. The number of ether oxygens (including phenoxy) is 1. The zero-order chi connectivity index (χ0) is 11.5. The van der Waals surface area contributed by atoms with Crippen LogP contribution >= 0.6 is 0 Å². The van der Waals surface area contributed by atoms with Crippen molar-refractivity contribution >= 4 is 5.97 Å². The fraction of sp³-hybridized carbons (Fsp3) is 0.462. The van der Waals surface area contributed by atoms with Crippen LogP contribution in [-0.4, -0.2) is 17.2 Å². The van der Waals surface area contributed by atoms with Gasteiger partial charge in [0.05, 0.1) is 0 Å². The van der Waals surface area contributed by atoms with Gasteiger partial charge in [-0.3, -0.25) is 0 Å². The van der Waals surface area contributed by atoms with E-state index in [0.717, 1.165) is 12.8 Å². The van der Waals surface area contributed by atoms with Crippen molar-refractivity contribution in [2.24, 2.45) is 0 Å². The summed E-state index contributed by atoms with van der Waals surface area (Å²) in [5.74, 6) is -0.224. The lowest BCUT2D eigenvalue weighted by Crippen LogP contribution is -2.25. The maximum atomic E-state index is 10.8. The second kappa shape index (κ2) is 4.56. The highest BCUT2D eigenvalue weighted by Gasteiger charge is 2.18. The SMILES string of the molecule is CC[C@H](Oc1ccc2c(c1)CCC2)C(=O)O. The van der Waals surface area contributed by atoms with Gasteiger partial charge < -0.3 is 9.84 Å². The molecule has 1 N–H and O–H groups in total. The normalized spacial score (nSPS) is 15.6. The van der Waals surface area contributed by atoms with Gasteiger partial charge in [-0.05, 0) is 48.9 Å². The number of hydrogen-bond donors (Lipinski definition) is 1. The molecule has 2 rings (SSSR count). The van der Waals surface area contributed by atoms with Gasteiger partial charge in [0.1, 0.15) is 5.75 Å². The van der Waals surface area contributed by atoms with E-state index in [-0.39, 0.29) is 0 Å². The lowest BCUT2D eigenvalue weighted by atomic mass is 10.1. The van der Waals surface area contributed by atoms with Gasteiger partial charge in [-0.15, -0.1) is 0 Å². The molecule has 0 amide bonds. The van der Waals surface area contributed by atoms with E-state index in [9.17, 15) is 4.79 Å². The largest absolute Gasteiger partial charge is 0.479 e. The molecular formula is C13H16O3. The van der Waals surface area contributed by atoms with Gasteiger partial charge in [-0.25, -0.2) is 4.79 Å². The molecule has 0 fully saturated rings. The Labute approximate surface area is 95.0 Å². The number of carbonyl (C=O) groups is 1. The summed E-state index contributed by atoms with van der Waals surface area (Å²) in [6.45, 7) is 1.81. The Morgan fingerprint density at radius 1 is 1.44 bits per heavy atom. The van der Waals surface area contributed by atoms with Gasteiger partial charge in [0, 0.05) is 0 Å². The van der Waals surface area contributed by atoms with Crippen molar-refractivity contribution in [3.8, 4) is 5.75 Å². The molecule has 16 heavy (non-hydrogen) atoms. The minimum atomic E-state index is -0.900. The first-order valence-electron chi connectivity index (χ1n) is 5.72. The molecule has 3 nitrogen and oxygen atoms in total. The highest BCUT2D eigenvalue weighted by atomic mass is 16.5. The third kappa shape index (κ3) is 2.18. The Kier molecular flexibility index (Phi) is 3.13. The van der Waals surface area contributed by atoms with E-state index < -0.39 is 12.1 Å². The van der Waals surface area contributed by atoms with Crippen LogP contribution in [0.1, 0.15) is 30.9 Å². The Morgan fingerprint density at radius 3 is 2.88 bits per heavy atom. The fourth-order valence-electron chi connectivity index (χ4n) is 2.09. The monoisotopic (exact) mass is 220 g/mol. The average Bonchev–Trinajstić information content (AvgIpc) is 2.72. The summed E-state index contributed by atoms with van der Waals surface area (Å²) in [6.07, 6.45) is 3.14. The van der Waals surface area contributed by atoms with Crippen molar-refractivity contribution < 1.29 is 14.6 Å². The Morgan fingerprint density at radius 2 is 2.19 bits per heavy atom. The van der Waals surface area contributed by atoms with Gasteiger partial charge in [-0.2, -0.15) is 0 Å². The summed E-state index contributed by atoms with van der Waals surface area (Å²) in [6, 6.07) is 5.90. The molecule has 1 aliphatic carbocycles. The van der Waals surface area contributed by atoms with Crippen molar-refractivity contribution in [2.45, 2.75) is 38.7 Å². The Bertz CT molecular complexity index is 398. The van der Waals surface area contributed by atoms with Crippen molar-refractivity contribution in [1.82, 2.24) is 0 Å². The molecule has 0 unspecified atom stereocenters. The predicted molar refractivity (Wildman–Crippen MR) is 60.8 cm³/mol. The molecule has 0 heterocycles. The van der Waals surface area contributed by atoms with Crippen LogP contribution in [0.2, 0.25) is 0 Å². The highest BCUT2D eigenvalue weighted by molar-refractivity contribution is 5.72. The number of aryl methyl sites for hydroxylation is 2. The number of carboxylic acid groups (broad SMARTS) is 1. The third-order valence-electron chi connectivity index (χ3n) is 2.99. The molecular weight excluding hydrogens is 204 g/mol. The molecule has 0 spiro atoms. The zero-order valence-electron chi connectivity index (χ0n) is 9.40. The summed E-state index contributed by atoms with van der Waals surface area (Å²) < 4.78 is 5.45. The lowest BCUT2D eigenvalue weighted by Gasteiger charge is -2.13. The first kappa shape index (κ1) is 11.0. The van der Waals surface area contributed by atoms with Gasteiger partial charge >= 0.3 is 5.97 Å². The number of benzene rings is 1. The number of fused-ring (bicyclic) bond motifs is 1. The summed E-state index contributed by atoms with van der Waals surface area (Å²) in [4.78, 5) is 10.8. The smallest absolute Gasteiger partial charge is 0.344 e. The minimum absolute atomic E-state index is 0.479. The van der Waals surface area contributed by atoms with Crippen LogP contribution in [0.25, 0.3) is 0 Å². The molecule has 0 saturated heterocycles. The minimum Gasteiger partial charge on any atom is -0.479 e. The van der Waals surface area contributed by atoms with Crippen LogP contribution in [0.15, 0.2) is 18.2 Å². The van der Waals surface area contributed by atoms with Crippen molar-refractivity contribution in [3.05, 3.63) is 29.3 Å². The second-order valence-corrected chi connectivity index (χ2v) is 4.14. The molecule has 3 heteroatoms. The first-order chi connectivity index (χ1) is 7.70. The van der Waals surface area contributed by atoms with Crippen LogP contribution in [0.5, 0.6) is 5.75 Å². The number of carboxylic acids is 1. The molecule has 86 valence electrons. The Hall–Kier alpha value is -1.51. The lowest BCUT2D eigenvalue weighted by molar-refractivity contribution is -0.145. The quantitative estimate of drug-likeness (QED) is 0.847. The zero-order valence-corrected chi connectivity index (χ0v) is 9.40. The molecule has 0 radical (unpaired) electrons. The van der Waals surface area contributed by atoms with Crippen LogP contribution in [0, 0.1) is 0 Å². The van der Waals surface area contributed by atoms with Crippen LogP contribution < -0.4 is 4.74 Å². The van der Waals surface area contributed by atoms with Crippen LogP contribution in [0.4, 0.5) is 0 Å². The molecule has 1 aromatic rings. The average molecular weight is 220 g/mol. The standard InChI is InChI=1S/C13H16O3/c1-2-12(13(14)15)16-11-7-6-9-4-3-5-10(9)8-11/h6-8,12H,2-5H2,1H3,(H,14,15)/t12-/m0/s1. The molecule has 0 bridgehead atoms. The molecule has 1 atom stereocenters. The molecule has 1 aliphatic rings. The molecule has 1 aromatic carbocycles. The predicted octanol–water partition coefficient (Wildman–Crippen LogP) is 2.42. The van der Waals surface area contributed by atoms with Crippen LogP contribution in [0.3, 0.4) is 0 Å². The number of aliphatic carboxylic acids is 1. The number of rotatable bonds is 4. The van der Waals surface area contributed by atoms with E-state index >= 15 is 0 Å². The summed E-state index contributed by atoms with van der Waals surface area (Å²) >= 11 is 0. The maximum absolute atomic E-state index is 10.8.